The van der Waals surface area contributed by atoms with Gasteiger partial charge in [-0.15, -0.1) is 0 Å². The van der Waals surface area contributed by atoms with Crippen molar-refractivity contribution in [1.29, 1.82) is 0 Å². The van der Waals surface area contributed by atoms with Gasteiger partial charge in [0.25, 0.3) is 0 Å². The van der Waals surface area contributed by atoms with Gasteiger partial charge in [0.2, 0.25) is 5.91 Å². The van der Waals surface area contributed by atoms with E-state index in [-0.39, 0.29) is 23.9 Å². The normalized spacial score (nSPS) is 17.1. The topological polar surface area (TPSA) is 62.2 Å². The van der Waals surface area contributed by atoms with Gasteiger partial charge in [-0.2, -0.15) is 13.2 Å². The molecule has 1 aliphatic heterocycles. The second-order valence-corrected chi connectivity index (χ2v) is 11.2. The number of anilines is 2. The first-order valence-electron chi connectivity index (χ1n) is 13.7. The number of aromatic nitrogens is 2. The maximum Gasteiger partial charge on any atom is 0.416 e. The monoisotopic (exact) mass is 591 g/mol. The van der Waals surface area contributed by atoms with Crippen molar-refractivity contribution in [1.82, 2.24) is 14.9 Å². The second-order valence-electron chi connectivity index (χ2n) is 10.8. The van der Waals surface area contributed by atoms with E-state index in [4.69, 9.17) is 12.2 Å². The van der Waals surface area contributed by atoms with Crippen LogP contribution in [0.1, 0.15) is 59.7 Å². The summed E-state index contributed by atoms with van der Waals surface area (Å²) in [6.07, 6.45) is -2.73. The van der Waals surface area contributed by atoms with Crippen molar-refractivity contribution in [3.63, 3.8) is 0 Å². The predicted molar refractivity (Wildman–Crippen MR) is 163 cm³/mol. The molecule has 0 radical (unpaired) electrons. The Labute approximate surface area is 248 Å². The van der Waals surface area contributed by atoms with Crippen LogP contribution in [0.25, 0.3) is 5.69 Å². The molecule has 2 aromatic carbocycles. The number of aryl methyl sites for hydroxylation is 2. The van der Waals surface area contributed by atoms with Crippen LogP contribution in [-0.4, -0.2) is 20.6 Å². The third-order valence-electron chi connectivity index (χ3n) is 7.59. The zero-order chi connectivity index (χ0) is 30.3. The van der Waals surface area contributed by atoms with Crippen molar-refractivity contribution >= 4 is 34.6 Å². The predicted octanol–water partition coefficient (Wildman–Crippen LogP) is 7.59. The van der Waals surface area contributed by atoms with Gasteiger partial charge in [-0.3, -0.25) is 9.78 Å². The number of carbonyl (C=O) groups excluding carboxylic acids is 1. The number of halogens is 3. The van der Waals surface area contributed by atoms with Crippen LogP contribution in [0.5, 0.6) is 0 Å². The van der Waals surface area contributed by atoms with Gasteiger partial charge in [0.15, 0.2) is 5.11 Å². The minimum Gasteiger partial charge on any atom is -0.351 e. The smallest absolute Gasteiger partial charge is 0.351 e. The number of nitrogens with zero attached hydrogens (tertiary/aromatic N) is 3. The third kappa shape index (κ3) is 5.51. The molecule has 6 nitrogen and oxygen atoms in total. The molecule has 1 saturated heterocycles. The molecule has 5 rings (SSSR count). The summed E-state index contributed by atoms with van der Waals surface area (Å²) in [5.74, 6) is -0.227. The Morgan fingerprint density at radius 2 is 1.76 bits per heavy atom. The van der Waals surface area contributed by atoms with Crippen molar-refractivity contribution in [2.45, 2.75) is 52.9 Å². The molecule has 1 fully saturated rings. The zero-order valence-corrected chi connectivity index (χ0v) is 24.8. The number of hydrogen-bond donors (Lipinski definition) is 2. The van der Waals surface area contributed by atoms with E-state index in [0.29, 0.717) is 10.8 Å². The van der Waals surface area contributed by atoms with Crippen molar-refractivity contribution in [2.75, 3.05) is 10.2 Å². The molecule has 0 aliphatic carbocycles. The Kier molecular flexibility index (Phi) is 7.85. The first kappa shape index (κ1) is 29.3. The summed E-state index contributed by atoms with van der Waals surface area (Å²) in [4.78, 5) is 19.0. The van der Waals surface area contributed by atoms with Gasteiger partial charge in [0, 0.05) is 40.6 Å². The van der Waals surface area contributed by atoms with Crippen molar-refractivity contribution < 1.29 is 18.0 Å². The molecule has 0 saturated carbocycles. The largest absolute Gasteiger partial charge is 0.416 e. The highest BCUT2D eigenvalue weighted by atomic mass is 32.1. The van der Waals surface area contributed by atoms with Gasteiger partial charge in [-0.1, -0.05) is 26.0 Å². The van der Waals surface area contributed by atoms with Gasteiger partial charge in [0.05, 0.1) is 23.3 Å². The lowest BCUT2D eigenvalue weighted by molar-refractivity contribution is -0.137. The van der Waals surface area contributed by atoms with Crippen molar-refractivity contribution in [3.8, 4) is 5.69 Å². The summed E-state index contributed by atoms with van der Waals surface area (Å²) in [6.45, 7) is 9.40. The highest BCUT2D eigenvalue weighted by Gasteiger charge is 2.42. The van der Waals surface area contributed by atoms with Gasteiger partial charge in [0.1, 0.15) is 0 Å². The number of hydrogen-bond acceptors (Lipinski definition) is 3. The fourth-order valence-electron chi connectivity index (χ4n) is 5.47. The average molecular weight is 592 g/mol. The number of nitrogens with one attached hydrogen (secondary N) is 2. The van der Waals surface area contributed by atoms with E-state index in [9.17, 15) is 18.0 Å². The molecule has 0 bridgehead atoms. The maximum atomic E-state index is 13.6. The first-order valence-corrected chi connectivity index (χ1v) is 14.1. The summed E-state index contributed by atoms with van der Waals surface area (Å²) in [5, 5.41) is 6.91. The molecule has 4 aromatic rings. The van der Waals surface area contributed by atoms with Gasteiger partial charge in [-0.25, -0.2) is 0 Å². The summed E-state index contributed by atoms with van der Waals surface area (Å²) in [6, 6.07) is 18.1. The van der Waals surface area contributed by atoms with Crippen LogP contribution < -0.4 is 15.5 Å². The molecule has 10 heteroatoms. The van der Waals surface area contributed by atoms with E-state index in [2.05, 4.69) is 15.6 Å². The second kappa shape index (κ2) is 11.2. The number of rotatable bonds is 6. The Morgan fingerprint density at radius 1 is 1.00 bits per heavy atom. The van der Waals surface area contributed by atoms with E-state index < -0.39 is 11.7 Å². The molecule has 1 amide bonds. The van der Waals surface area contributed by atoms with Crippen LogP contribution in [0.3, 0.4) is 0 Å². The first-order chi connectivity index (χ1) is 19.9. The third-order valence-corrected chi connectivity index (χ3v) is 7.90. The molecule has 2 aromatic heterocycles. The quantitative estimate of drug-likeness (QED) is 0.226. The summed E-state index contributed by atoms with van der Waals surface area (Å²) >= 11 is 5.88. The van der Waals surface area contributed by atoms with Crippen LogP contribution >= 0.6 is 12.2 Å². The Morgan fingerprint density at radius 3 is 2.40 bits per heavy atom. The van der Waals surface area contributed by atoms with E-state index in [1.54, 1.807) is 12.3 Å². The number of amides is 1. The maximum absolute atomic E-state index is 13.6. The van der Waals surface area contributed by atoms with Gasteiger partial charge in [-0.05, 0) is 98.7 Å². The summed E-state index contributed by atoms with van der Waals surface area (Å²) in [7, 11) is 0. The standard InChI is InChI=1S/C32H32F3N5OS/c1-18(2)30(41)37-26-13-12-24(15-19(26)3)40-29(28(38-31(40)42)27-11-6-7-14-36-27)25-16-20(4)39(21(25)5)23-10-8-9-22(17-23)32(33,34)35/h6-18,28-29H,1-5H3,(H,37,41)(H,38,42)/t28-,29-/m1/s1. The summed E-state index contributed by atoms with van der Waals surface area (Å²) < 4.78 is 42.5. The fraction of sp³-hybridized carbons (Fsp3) is 0.281. The lowest BCUT2D eigenvalue weighted by Crippen LogP contribution is -2.29. The molecule has 0 spiro atoms. The highest BCUT2D eigenvalue weighted by molar-refractivity contribution is 7.80. The van der Waals surface area contributed by atoms with E-state index in [1.165, 1.54) is 12.1 Å². The highest BCUT2D eigenvalue weighted by Crippen LogP contribution is 2.44. The van der Waals surface area contributed by atoms with Gasteiger partial charge < -0.3 is 20.1 Å². The average Bonchev–Trinajstić information content (AvgIpc) is 3.44. The number of benzene rings is 2. The minimum atomic E-state index is -4.45. The molecule has 2 atom stereocenters. The molecule has 42 heavy (non-hydrogen) atoms. The van der Waals surface area contributed by atoms with Crippen LogP contribution in [0, 0.1) is 26.7 Å². The Balaban J connectivity index is 1.62. The minimum absolute atomic E-state index is 0.0701. The van der Waals surface area contributed by atoms with Crippen molar-refractivity contribution in [3.05, 3.63) is 107 Å². The SMILES string of the molecule is Cc1cc(N2C(=S)N[C@H](c3ccccn3)[C@H]2c2cc(C)n(-c3cccc(C(F)(F)F)c3)c2C)ccc1NC(=O)C(C)C. The molecule has 0 unspecified atom stereocenters. The summed E-state index contributed by atoms with van der Waals surface area (Å²) in [5.41, 5.74) is 5.42. The van der Waals surface area contributed by atoms with Crippen LogP contribution in [-0.2, 0) is 11.0 Å². The zero-order valence-electron chi connectivity index (χ0n) is 24.0. The fourth-order valence-corrected chi connectivity index (χ4v) is 5.82. The number of alkyl halides is 3. The Hall–Kier alpha value is -4.18. The number of pyridine rings is 1. The number of carbonyl (C=O) groups is 1. The van der Waals surface area contributed by atoms with E-state index in [0.717, 1.165) is 45.6 Å². The lowest BCUT2D eigenvalue weighted by atomic mass is 9.96. The van der Waals surface area contributed by atoms with E-state index in [1.807, 2.05) is 86.6 Å². The van der Waals surface area contributed by atoms with Crippen LogP contribution in [0.15, 0.2) is 72.9 Å². The molecular formula is C32H32F3N5OS. The molecule has 218 valence electrons. The lowest BCUT2D eigenvalue weighted by Gasteiger charge is -2.29. The van der Waals surface area contributed by atoms with E-state index >= 15 is 0 Å². The van der Waals surface area contributed by atoms with Crippen molar-refractivity contribution in [2.24, 2.45) is 5.92 Å². The molecule has 1 aliphatic rings. The van der Waals surface area contributed by atoms with Gasteiger partial charge >= 0.3 is 6.18 Å². The molecular weight excluding hydrogens is 559 g/mol. The molecule has 2 N–H and O–H groups in total. The van der Waals surface area contributed by atoms with Crippen LogP contribution in [0.2, 0.25) is 0 Å². The van der Waals surface area contributed by atoms with Crippen LogP contribution in [0.4, 0.5) is 24.5 Å². The number of thiocarbonyl (C=S) groups is 1. The molecule has 3 heterocycles. The Bertz CT molecular complexity index is 1650.